The smallest absolute Gasteiger partial charge is 0.294 e. The summed E-state index contributed by atoms with van der Waals surface area (Å²) in [6.45, 7) is 1.70. The molecule has 0 saturated heterocycles. The van der Waals surface area contributed by atoms with Gasteiger partial charge in [-0.1, -0.05) is 28.4 Å². The van der Waals surface area contributed by atoms with Gasteiger partial charge in [-0.3, -0.25) is 4.79 Å². The molecule has 0 aliphatic carbocycles. The topological polar surface area (TPSA) is 75.4 Å². The van der Waals surface area contributed by atoms with Crippen molar-refractivity contribution >= 4 is 34.8 Å². The van der Waals surface area contributed by atoms with Crippen molar-refractivity contribution in [2.45, 2.75) is 6.92 Å². The summed E-state index contributed by atoms with van der Waals surface area (Å²) in [6.07, 6.45) is 0. The molecule has 1 aromatic heterocycles. The zero-order valence-corrected chi connectivity index (χ0v) is 10.7. The molecule has 0 aliphatic heterocycles. The van der Waals surface area contributed by atoms with Crippen molar-refractivity contribution in [1.29, 1.82) is 0 Å². The first-order valence-electron chi connectivity index (χ1n) is 4.90. The average Bonchev–Trinajstić information content (AvgIpc) is 2.72. The third-order valence-corrected chi connectivity index (χ3v) is 2.70. The Morgan fingerprint density at radius 1 is 1.33 bits per heavy atom. The lowest BCUT2D eigenvalue weighted by molar-refractivity contribution is 0.0988. The van der Waals surface area contributed by atoms with Crippen molar-refractivity contribution in [1.82, 2.24) is 5.16 Å². The molecule has 0 unspecified atom stereocenters. The van der Waals surface area contributed by atoms with Crippen LogP contribution < -0.4 is 5.32 Å². The Morgan fingerprint density at radius 3 is 2.44 bits per heavy atom. The fourth-order valence-electron chi connectivity index (χ4n) is 1.30. The van der Waals surface area contributed by atoms with E-state index in [1.165, 1.54) is 18.2 Å². The number of hydrogen-bond acceptors (Lipinski definition) is 4. The third kappa shape index (κ3) is 2.57. The van der Waals surface area contributed by atoms with E-state index >= 15 is 0 Å². The number of hydrogen-bond donors (Lipinski definition) is 2. The quantitative estimate of drug-likeness (QED) is 0.831. The fourth-order valence-corrected chi connectivity index (χ4v) is 1.79. The van der Waals surface area contributed by atoms with Crippen molar-refractivity contribution in [2.24, 2.45) is 0 Å². The number of rotatable bonds is 2. The molecule has 1 amide bonds. The predicted molar refractivity (Wildman–Crippen MR) is 67.3 cm³/mol. The lowest BCUT2D eigenvalue weighted by Gasteiger charge is -2.06. The number of carbonyl (C=O) groups is 1. The number of nitrogens with one attached hydrogen (secondary N) is 1. The molecular formula is C11H8Cl2N2O3. The number of carbonyl (C=O) groups excluding carboxylic acids is 1. The van der Waals surface area contributed by atoms with Gasteiger partial charge in [-0.2, -0.15) is 0 Å². The molecule has 0 aliphatic rings. The van der Waals surface area contributed by atoms with Gasteiger partial charge in [-0.15, -0.1) is 0 Å². The van der Waals surface area contributed by atoms with E-state index in [2.05, 4.69) is 10.5 Å². The normalized spacial score (nSPS) is 10.4. The SMILES string of the molecule is Cc1cc(C(=O)Nc2cc(Cl)c(O)c(Cl)c2)on1. The van der Waals surface area contributed by atoms with E-state index in [-0.39, 0.29) is 21.6 Å². The second-order valence-electron chi connectivity index (χ2n) is 3.58. The third-order valence-electron chi connectivity index (χ3n) is 2.13. The Balaban J connectivity index is 2.22. The van der Waals surface area contributed by atoms with Gasteiger partial charge in [0.1, 0.15) is 0 Å². The Kier molecular flexibility index (Phi) is 3.45. The van der Waals surface area contributed by atoms with Crippen LogP contribution in [0.5, 0.6) is 5.75 Å². The summed E-state index contributed by atoms with van der Waals surface area (Å²) in [5.41, 5.74) is 0.948. The molecule has 2 rings (SSSR count). The predicted octanol–water partition coefficient (Wildman–Crippen LogP) is 3.25. The van der Waals surface area contributed by atoms with Crippen LogP contribution in [-0.2, 0) is 0 Å². The maximum Gasteiger partial charge on any atom is 0.294 e. The highest BCUT2D eigenvalue weighted by Gasteiger charge is 2.13. The molecule has 7 heteroatoms. The molecule has 0 bridgehead atoms. The molecule has 1 heterocycles. The Morgan fingerprint density at radius 2 is 1.94 bits per heavy atom. The lowest BCUT2D eigenvalue weighted by Crippen LogP contribution is -2.10. The molecule has 18 heavy (non-hydrogen) atoms. The standard InChI is InChI=1S/C11H8Cl2N2O3/c1-5-2-9(18-15-5)11(17)14-6-3-7(12)10(16)8(13)4-6/h2-4,16H,1H3,(H,14,17). The van der Waals surface area contributed by atoms with Gasteiger partial charge in [-0.25, -0.2) is 0 Å². The molecule has 0 atom stereocenters. The highest BCUT2D eigenvalue weighted by atomic mass is 35.5. The van der Waals surface area contributed by atoms with Crippen LogP contribution >= 0.6 is 23.2 Å². The van der Waals surface area contributed by atoms with Gasteiger partial charge >= 0.3 is 0 Å². The van der Waals surface area contributed by atoms with E-state index < -0.39 is 5.91 Å². The molecule has 1 aromatic carbocycles. The maximum atomic E-state index is 11.7. The van der Waals surface area contributed by atoms with E-state index in [0.29, 0.717) is 11.4 Å². The number of phenolic OH excluding ortho intramolecular Hbond substituents is 1. The van der Waals surface area contributed by atoms with Gasteiger partial charge in [0.25, 0.3) is 5.91 Å². The van der Waals surface area contributed by atoms with E-state index in [1.54, 1.807) is 6.92 Å². The van der Waals surface area contributed by atoms with Crippen LogP contribution in [0.4, 0.5) is 5.69 Å². The first kappa shape index (κ1) is 12.7. The van der Waals surface area contributed by atoms with Crippen LogP contribution in [0.1, 0.15) is 16.2 Å². The summed E-state index contributed by atoms with van der Waals surface area (Å²) in [6, 6.07) is 4.26. The summed E-state index contributed by atoms with van der Waals surface area (Å²) in [7, 11) is 0. The Bertz CT molecular complexity index is 587. The van der Waals surface area contributed by atoms with Gasteiger partial charge in [0.15, 0.2) is 5.75 Å². The highest BCUT2D eigenvalue weighted by Crippen LogP contribution is 2.34. The van der Waals surface area contributed by atoms with Crippen molar-refractivity contribution in [3.63, 3.8) is 0 Å². The second-order valence-corrected chi connectivity index (χ2v) is 4.39. The van der Waals surface area contributed by atoms with E-state index in [0.717, 1.165) is 0 Å². The van der Waals surface area contributed by atoms with Crippen LogP contribution in [0.2, 0.25) is 10.0 Å². The molecule has 2 N–H and O–H groups in total. The minimum atomic E-state index is -0.478. The van der Waals surface area contributed by atoms with Crippen LogP contribution in [0.25, 0.3) is 0 Å². The van der Waals surface area contributed by atoms with E-state index in [4.69, 9.17) is 27.7 Å². The lowest BCUT2D eigenvalue weighted by atomic mass is 10.3. The van der Waals surface area contributed by atoms with Gasteiger partial charge < -0.3 is 14.9 Å². The van der Waals surface area contributed by atoms with Crippen molar-refractivity contribution in [3.05, 3.63) is 39.7 Å². The van der Waals surface area contributed by atoms with Crippen LogP contribution in [0, 0.1) is 6.92 Å². The Labute approximate surface area is 112 Å². The summed E-state index contributed by atoms with van der Waals surface area (Å²) >= 11 is 11.5. The number of benzene rings is 1. The molecule has 0 spiro atoms. The summed E-state index contributed by atoms with van der Waals surface area (Å²) in [5.74, 6) is -0.631. The van der Waals surface area contributed by atoms with Gasteiger partial charge in [0.2, 0.25) is 5.76 Å². The van der Waals surface area contributed by atoms with E-state index in [1.807, 2.05) is 0 Å². The summed E-state index contributed by atoms with van der Waals surface area (Å²) < 4.78 is 4.81. The average molecular weight is 287 g/mol. The number of halogens is 2. The minimum Gasteiger partial charge on any atom is -0.505 e. The summed E-state index contributed by atoms with van der Waals surface area (Å²) in [5, 5.41) is 15.6. The van der Waals surface area contributed by atoms with Gasteiger partial charge in [0.05, 0.1) is 15.7 Å². The number of aryl methyl sites for hydroxylation is 1. The minimum absolute atomic E-state index is 0.0477. The largest absolute Gasteiger partial charge is 0.505 e. The number of phenols is 1. The maximum absolute atomic E-state index is 11.7. The Hall–Kier alpha value is -1.72. The highest BCUT2D eigenvalue weighted by molar-refractivity contribution is 6.37. The summed E-state index contributed by atoms with van der Waals surface area (Å²) in [4.78, 5) is 11.7. The number of aromatic nitrogens is 1. The zero-order chi connectivity index (χ0) is 13.3. The molecule has 0 radical (unpaired) electrons. The van der Waals surface area contributed by atoms with Crippen LogP contribution in [0.3, 0.4) is 0 Å². The zero-order valence-electron chi connectivity index (χ0n) is 9.20. The van der Waals surface area contributed by atoms with Gasteiger partial charge in [0, 0.05) is 11.8 Å². The first-order chi connectivity index (χ1) is 8.47. The molecule has 0 fully saturated rings. The van der Waals surface area contributed by atoms with Gasteiger partial charge in [-0.05, 0) is 19.1 Å². The second kappa shape index (κ2) is 4.88. The van der Waals surface area contributed by atoms with Crippen molar-refractivity contribution in [3.8, 4) is 5.75 Å². The monoisotopic (exact) mass is 286 g/mol. The fraction of sp³-hybridized carbons (Fsp3) is 0.0909. The first-order valence-corrected chi connectivity index (χ1v) is 5.65. The van der Waals surface area contributed by atoms with Crippen molar-refractivity contribution < 1.29 is 14.4 Å². The number of amides is 1. The number of anilines is 1. The van der Waals surface area contributed by atoms with Crippen LogP contribution in [-0.4, -0.2) is 16.2 Å². The molecule has 2 aromatic rings. The van der Waals surface area contributed by atoms with Crippen molar-refractivity contribution in [2.75, 3.05) is 5.32 Å². The molecule has 5 nitrogen and oxygen atoms in total. The number of nitrogens with zero attached hydrogens (tertiary/aromatic N) is 1. The van der Waals surface area contributed by atoms with E-state index in [9.17, 15) is 9.90 Å². The van der Waals surface area contributed by atoms with Crippen LogP contribution in [0.15, 0.2) is 22.7 Å². The molecule has 0 saturated carbocycles. The molecule has 94 valence electrons. The number of aromatic hydroxyl groups is 1. The molecular weight excluding hydrogens is 279 g/mol.